The van der Waals surface area contributed by atoms with Crippen molar-refractivity contribution in [1.82, 2.24) is 14.7 Å². The summed E-state index contributed by atoms with van der Waals surface area (Å²) in [7, 11) is -4.06. The van der Waals surface area contributed by atoms with E-state index in [0.29, 0.717) is 12.5 Å². The Balaban J connectivity index is 2.14. The van der Waals surface area contributed by atoms with Gasteiger partial charge in [-0.15, -0.1) is 0 Å². The predicted molar refractivity (Wildman–Crippen MR) is 71.5 cm³/mol. The van der Waals surface area contributed by atoms with E-state index >= 15 is 0 Å². The molecule has 0 unspecified atom stereocenters. The Morgan fingerprint density at radius 1 is 1.35 bits per heavy atom. The van der Waals surface area contributed by atoms with E-state index < -0.39 is 26.6 Å². The smallest absolute Gasteiger partial charge is 0.244 e. The monoisotopic (exact) mass is 365 g/mol. The normalized spacial score (nSPS) is 11.8. The van der Waals surface area contributed by atoms with Crippen LogP contribution in [0.1, 0.15) is 5.69 Å². The van der Waals surface area contributed by atoms with Gasteiger partial charge in [-0.25, -0.2) is 26.9 Å². The molecule has 1 heterocycles. The minimum Gasteiger partial charge on any atom is -0.348 e. The number of hydrogen-bond donors (Lipinski definition) is 2. The first-order valence-corrected chi connectivity index (χ1v) is 7.79. The van der Waals surface area contributed by atoms with Gasteiger partial charge in [-0.3, -0.25) is 0 Å². The Morgan fingerprint density at radius 3 is 2.70 bits per heavy atom. The molecule has 0 atom stereocenters. The second-order valence-electron chi connectivity index (χ2n) is 3.92. The number of H-pyrrole nitrogens is 1. The average Bonchev–Trinajstić information content (AvgIpc) is 2.79. The number of sulfonamides is 1. The molecular formula is C11H10BrF2N3O2S. The number of halogens is 3. The predicted octanol–water partition coefficient (Wildman–Crippen LogP) is 1.97. The summed E-state index contributed by atoms with van der Waals surface area (Å²) in [6, 6.07) is 1.42. The van der Waals surface area contributed by atoms with Crippen molar-refractivity contribution >= 4 is 26.0 Å². The van der Waals surface area contributed by atoms with Crippen molar-refractivity contribution in [2.45, 2.75) is 11.3 Å². The summed E-state index contributed by atoms with van der Waals surface area (Å²) < 4.78 is 52.6. The number of rotatable bonds is 5. The third kappa shape index (κ3) is 3.41. The zero-order valence-electron chi connectivity index (χ0n) is 10.0. The largest absolute Gasteiger partial charge is 0.348 e. The highest BCUT2D eigenvalue weighted by atomic mass is 79.9. The highest BCUT2D eigenvalue weighted by molar-refractivity contribution is 9.10. The van der Waals surface area contributed by atoms with Crippen LogP contribution in [0.15, 0.2) is 34.0 Å². The van der Waals surface area contributed by atoms with Crippen molar-refractivity contribution in [3.8, 4) is 0 Å². The lowest BCUT2D eigenvalue weighted by molar-refractivity contribution is 0.540. The van der Waals surface area contributed by atoms with E-state index in [-0.39, 0.29) is 11.0 Å². The molecular weight excluding hydrogens is 356 g/mol. The minimum absolute atomic E-state index is 0.0633. The summed E-state index contributed by atoms with van der Waals surface area (Å²) in [5, 5.41) is 0. The van der Waals surface area contributed by atoms with Crippen LogP contribution in [-0.4, -0.2) is 24.9 Å². The molecule has 0 saturated heterocycles. The third-order valence-corrected chi connectivity index (χ3v) is 4.90. The van der Waals surface area contributed by atoms with Crippen LogP contribution in [0.3, 0.4) is 0 Å². The van der Waals surface area contributed by atoms with E-state index in [1.54, 1.807) is 6.20 Å². The zero-order valence-corrected chi connectivity index (χ0v) is 12.4. The molecule has 108 valence electrons. The van der Waals surface area contributed by atoms with Gasteiger partial charge in [0.1, 0.15) is 16.5 Å². The van der Waals surface area contributed by atoms with Gasteiger partial charge in [0.2, 0.25) is 10.0 Å². The molecule has 2 rings (SSSR count). The van der Waals surface area contributed by atoms with Gasteiger partial charge in [0.25, 0.3) is 0 Å². The Kier molecular flexibility index (Phi) is 4.51. The maximum atomic E-state index is 13.6. The Hall–Kier alpha value is -1.32. The molecule has 9 heteroatoms. The molecule has 0 aliphatic carbocycles. The van der Waals surface area contributed by atoms with Crippen molar-refractivity contribution < 1.29 is 17.2 Å². The lowest BCUT2D eigenvalue weighted by atomic mass is 10.3. The van der Waals surface area contributed by atoms with Gasteiger partial charge in [0.05, 0.1) is 6.33 Å². The summed E-state index contributed by atoms with van der Waals surface area (Å²) in [6.07, 6.45) is 3.41. The summed E-state index contributed by atoms with van der Waals surface area (Å²) >= 11 is 2.85. The van der Waals surface area contributed by atoms with E-state index in [2.05, 4.69) is 30.6 Å². The number of aromatic nitrogens is 2. The molecule has 0 aliphatic heterocycles. The van der Waals surface area contributed by atoms with Crippen molar-refractivity contribution in [2.75, 3.05) is 6.54 Å². The molecule has 0 fully saturated rings. The Morgan fingerprint density at radius 2 is 2.10 bits per heavy atom. The molecule has 2 aromatic rings. The van der Waals surface area contributed by atoms with Gasteiger partial charge in [0, 0.05) is 35.4 Å². The van der Waals surface area contributed by atoms with Gasteiger partial charge in [-0.1, -0.05) is 0 Å². The molecule has 5 nitrogen and oxygen atoms in total. The molecule has 1 aromatic carbocycles. The van der Waals surface area contributed by atoms with Crippen LogP contribution in [-0.2, 0) is 16.4 Å². The highest BCUT2D eigenvalue weighted by Gasteiger charge is 2.23. The lowest BCUT2D eigenvalue weighted by Gasteiger charge is -2.09. The van der Waals surface area contributed by atoms with E-state index in [9.17, 15) is 17.2 Å². The van der Waals surface area contributed by atoms with E-state index in [1.807, 2.05) is 0 Å². The highest BCUT2D eigenvalue weighted by Crippen LogP contribution is 2.25. The van der Waals surface area contributed by atoms with Crippen LogP contribution < -0.4 is 4.72 Å². The van der Waals surface area contributed by atoms with Gasteiger partial charge >= 0.3 is 0 Å². The average molecular weight is 366 g/mol. The third-order valence-electron chi connectivity index (χ3n) is 2.47. The first kappa shape index (κ1) is 15.1. The maximum Gasteiger partial charge on any atom is 0.244 e. The van der Waals surface area contributed by atoms with Crippen molar-refractivity contribution in [1.29, 1.82) is 0 Å². The second kappa shape index (κ2) is 5.98. The molecule has 0 bridgehead atoms. The molecule has 1 aromatic heterocycles. The lowest BCUT2D eigenvalue weighted by Crippen LogP contribution is -2.27. The fraction of sp³-hybridized carbons (Fsp3) is 0.182. The van der Waals surface area contributed by atoms with Gasteiger partial charge in [0.15, 0.2) is 0 Å². The Labute approximate surface area is 122 Å². The molecule has 0 amide bonds. The summed E-state index contributed by atoms with van der Waals surface area (Å²) in [5.74, 6) is -2.00. The second-order valence-corrected chi connectivity index (χ2v) is 6.48. The standard InChI is InChI=1S/C11H10BrF2N3O2S/c12-9-3-7(13)4-10(14)11(9)20(18,19)17-2-1-8-5-15-6-16-8/h3-6,17H,1-2H2,(H,15,16). The molecule has 20 heavy (non-hydrogen) atoms. The molecule has 0 radical (unpaired) electrons. The molecule has 0 aliphatic rings. The SMILES string of the molecule is O=S(=O)(NCCc1cnc[nH]1)c1c(F)cc(F)cc1Br. The minimum atomic E-state index is -4.06. The van der Waals surface area contributed by atoms with Crippen LogP contribution >= 0.6 is 15.9 Å². The number of aromatic amines is 1. The molecule has 2 N–H and O–H groups in total. The quantitative estimate of drug-likeness (QED) is 0.850. The van der Waals surface area contributed by atoms with Crippen molar-refractivity contribution in [3.63, 3.8) is 0 Å². The number of nitrogens with zero attached hydrogens (tertiary/aromatic N) is 1. The topological polar surface area (TPSA) is 74.8 Å². The van der Waals surface area contributed by atoms with Crippen molar-refractivity contribution in [2.24, 2.45) is 0 Å². The van der Waals surface area contributed by atoms with E-state index in [0.717, 1.165) is 11.8 Å². The summed E-state index contributed by atoms with van der Waals surface area (Å²) in [4.78, 5) is 6.00. The van der Waals surface area contributed by atoms with Crippen LogP contribution in [0, 0.1) is 11.6 Å². The maximum absolute atomic E-state index is 13.6. The molecule has 0 spiro atoms. The van der Waals surface area contributed by atoms with Crippen LogP contribution in [0.2, 0.25) is 0 Å². The summed E-state index contributed by atoms with van der Waals surface area (Å²) in [5.41, 5.74) is 0.742. The van der Waals surface area contributed by atoms with Crippen LogP contribution in [0.5, 0.6) is 0 Å². The number of hydrogen-bond acceptors (Lipinski definition) is 3. The van der Waals surface area contributed by atoms with E-state index in [4.69, 9.17) is 0 Å². The summed E-state index contributed by atoms with van der Waals surface area (Å²) in [6.45, 7) is 0.0633. The number of imidazole rings is 1. The fourth-order valence-corrected chi connectivity index (χ4v) is 3.79. The zero-order chi connectivity index (χ0) is 14.8. The van der Waals surface area contributed by atoms with Crippen LogP contribution in [0.25, 0.3) is 0 Å². The fourth-order valence-electron chi connectivity index (χ4n) is 1.60. The number of nitrogens with one attached hydrogen (secondary N) is 2. The first-order valence-electron chi connectivity index (χ1n) is 5.51. The van der Waals surface area contributed by atoms with Gasteiger partial charge < -0.3 is 4.98 Å². The Bertz CT molecular complexity index is 681. The van der Waals surface area contributed by atoms with Gasteiger partial charge in [-0.05, 0) is 22.0 Å². The van der Waals surface area contributed by atoms with Crippen LogP contribution in [0.4, 0.5) is 8.78 Å². The van der Waals surface area contributed by atoms with Gasteiger partial charge in [-0.2, -0.15) is 0 Å². The molecule has 0 saturated carbocycles. The number of benzene rings is 1. The van der Waals surface area contributed by atoms with E-state index in [1.165, 1.54) is 6.33 Å². The van der Waals surface area contributed by atoms with Crippen molar-refractivity contribution in [3.05, 3.63) is 46.5 Å². The first-order chi connectivity index (χ1) is 9.40.